The molecule has 0 aromatic rings. The summed E-state index contributed by atoms with van der Waals surface area (Å²) in [6, 6.07) is 0. The third-order valence-electron chi connectivity index (χ3n) is 12.4. The molecule has 418 valence electrons. The van der Waals surface area contributed by atoms with Gasteiger partial charge in [-0.25, -0.2) is 0 Å². The minimum absolute atomic E-state index is 0.0997. The van der Waals surface area contributed by atoms with Crippen molar-refractivity contribution in [1.29, 1.82) is 0 Å². The first kappa shape index (κ1) is 69.5. The average Bonchev–Trinajstić information content (AvgIpc) is 3.40. The highest BCUT2D eigenvalue weighted by Crippen LogP contribution is 2.13. The van der Waals surface area contributed by atoms with Gasteiger partial charge in [0.1, 0.15) is 13.2 Å². The predicted octanol–water partition coefficient (Wildman–Crippen LogP) is 20.6. The molecule has 0 bridgehead atoms. The Morgan fingerprint density at radius 1 is 0.284 bits per heavy atom. The minimum atomic E-state index is -0.804. The SMILES string of the molecule is CC/C=C\C/C=C\C/C=C\C/C=C\C/C=C\C/C=C\C/C=C\C/C=C\CCCCCCC(=O)OCC(COC(=O)CCCCCCC/C=C\CCCCCC)OC(=O)CCCCCCC/C=C\C/C=C\CCCC. The second kappa shape index (κ2) is 61.1. The van der Waals surface area contributed by atoms with Gasteiger partial charge in [-0.1, -0.05) is 238 Å². The lowest BCUT2D eigenvalue weighted by atomic mass is 10.1. The van der Waals surface area contributed by atoms with Crippen LogP contribution < -0.4 is 0 Å². The van der Waals surface area contributed by atoms with Gasteiger partial charge in [-0.05, 0) is 135 Å². The molecule has 6 heteroatoms. The maximum Gasteiger partial charge on any atom is 0.306 e. The van der Waals surface area contributed by atoms with Crippen LogP contribution in [-0.2, 0) is 28.6 Å². The van der Waals surface area contributed by atoms with E-state index in [2.05, 4.69) is 154 Å². The molecule has 0 aliphatic rings. The highest BCUT2D eigenvalue weighted by atomic mass is 16.6. The van der Waals surface area contributed by atoms with Crippen LogP contribution in [0.4, 0.5) is 0 Å². The van der Waals surface area contributed by atoms with E-state index in [1.165, 1.54) is 57.8 Å². The fraction of sp³-hybridized carbons (Fsp3) is 0.632. The molecule has 1 unspecified atom stereocenters. The number of ether oxygens (including phenoxy) is 3. The van der Waals surface area contributed by atoms with Gasteiger partial charge in [0.15, 0.2) is 6.10 Å². The Bertz CT molecular complexity index is 1600. The van der Waals surface area contributed by atoms with E-state index >= 15 is 0 Å². The third-order valence-corrected chi connectivity index (χ3v) is 12.4. The molecule has 0 rings (SSSR count). The van der Waals surface area contributed by atoms with Gasteiger partial charge < -0.3 is 14.2 Å². The van der Waals surface area contributed by atoms with E-state index in [9.17, 15) is 14.4 Å². The molecule has 0 heterocycles. The summed E-state index contributed by atoms with van der Waals surface area (Å²) in [5.41, 5.74) is 0. The average molecular weight is 1020 g/mol. The molecule has 0 spiro atoms. The lowest BCUT2D eigenvalue weighted by Crippen LogP contribution is -2.30. The number of unbranched alkanes of at least 4 members (excludes halogenated alkanes) is 20. The Labute approximate surface area is 455 Å². The van der Waals surface area contributed by atoms with Crippen LogP contribution in [0.25, 0.3) is 0 Å². The van der Waals surface area contributed by atoms with Crippen molar-refractivity contribution in [2.24, 2.45) is 0 Å². The van der Waals surface area contributed by atoms with Crippen molar-refractivity contribution >= 4 is 17.9 Å². The lowest BCUT2D eigenvalue weighted by Gasteiger charge is -2.18. The fourth-order valence-electron chi connectivity index (χ4n) is 7.82. The predicted molar refractivity (Wildman–Crippen MR) is 320 cm³/mol. The van der Waals surface area contributed by atoms with E-state index in [0.29, 0.717) is 19.3 Å². The van der Waals surface area contributed by atoms with Crippen LogP contribution in [0.3, 0.4) is 0 Å². The van der Waals surface area contributed by atoms with Crippen LogP contribution in [-0.4, -0.2) is 37.2 Å². The Hall–Kier alpha value is -4.45. The maximum atomic E-state index is 12.8. The zero-order valence-electron chi connectivity index (χ0n) is 47.8. The molecule has 0 aliphatic carbocycles. The number of rotatable bonds is 53. The molecule has 0 N–H and O–H groups in total. The van der Waals surface area contributed by atoms with Crippen molar-refractivity contribution in [1.82, 2.24) is 0 Å². The lowest BCUT2D eigenvalue weighted by molar-refractivity contribution is -0.167. The van der Waals surface area contributed by atoms with E-state index in [-0.39, 0.29) is 31.1 Å². The van der Waals surface area contributed by atoms with Gasteiger partial charge in [0.25, 0.3) is 0 Å². The van der Waals surface area contributed by atoms with Crippen LogP contribution in [0.1, 0.15) is 258 Å². The largest absolute Gasteiger partial charge is 0.462 e. The maximum absolute atomic E-state index is 12.8. The summed E-state index contributed by atoms with van der Waals surface area (Å²) in [6.07, 6.45) is 85.9. The molecule has 0 aromatic carbocycles. The molecule has 1 atom stereocenters. The molecule has 74 heavy (non-hydrogen) atoms. The summed E-state index contributed by atoms with van der Waals surface area (Å²) < 4.78 is 16.8. The molecule has 0 saturated carbocycles. The quantitative estimate of drug-likeness (QED) is 0.0261. The van der Waals surface area contributed by atoms with Crippen LogP contribution in [0.5, 0.6) is 0 Å². The summed E-state index contributed by atoms with van der Waals surface area (Å²) in [4.78, 5) is 38.2. The van der Waals surface area contributed by atoms with Crippen LogP contribution in [0.2, 0.25) is 0 Å². The smallest absolute Gasteiger partial charge is 0.306 e. The summed E-state index contributed by atoms with van der Waals surface area (Å²) in [6.45, 7) is 6.42. The summed E-state index contributed by atoms with van der Waals surface area (Å²) in [7, 11) is 0. The first-order chi connectivity index (χ1) is 36.5. The van der Waals surface area contributed by atoms with Crippen LogP contribution in [0.15, 0.2) is 134 Å². The Kier molecular flexibility index (Phi) is 57.4. The van der Waals surface area contributed by atoms with Crippen molar-refractivity contribution < 1.29 is 28.6 Å². The Morgan fingerprint density at radius 2 is 0.541 bits per heavy atom. The van der Waals surface area contributed by atoms with Gasteiger partial charge in [0.05, 0.1) is 0 Å². The molecule has 0 aromatic heterocycles. The number of hydrogen-bond acceptors (Lipinski definition) is 6. The zero-order chi connectivity index (χ0) is 53.6. The molecule has 0 aliphatic heterocycles. The number of carbonyl (C=O) groups excluding carboxylic acids is 3. The third kappa shape index (κ3) is 58.4. The summed E-state index contributed by atoms with van der Waals surface area (Å²) >= 11 is 0. The fourth-order valence-corrected chi connectivity index (χ4v) is 7.82. The first-order valence-electron chi connectivity index (χ1n) is 30.2. The van der Waals surface area contributed by atoms with Gasteiger partial charge in [-0.3, -0.25) is 14.4 Å². The van der Waals surface area contributed by atoms with Gasteiger partial charge in [0, 0.05) is 19.3 Å². The van der Waals surface area contributed by atoms with E-state index < -0.39 is 6.10 Å². The van der Waals surface area contributed by atoms with E-state index in [1.807, 2.05) is 0 Å². The summed E-state index contributed by atoms with van der Waals surface area (Å²) in [5, 5.41) is 0. The van der Waals surface area contributed by atoms with Crippen LogP contribution >= 0.6 is 0 Å². The zero-order valence-corrected chi connectivity index (χ0v) is 47.8. The highest BCUT2D eigenvalue weighted by molar-refractivity contribution is 5.71. The van der Waals surface area contributed by atoms with E-state index in [0.717, 1.165) is 161 Å². The van der Waals surface area contributed by atoms with Crippen LogP contribution in [0, 0.1) is 0 Å². The summed E-state index contributed by atoms with van der Waals surface area (Å²) in [5.74, 6) is -0.951. The Morgan fingerprint density at radius 3 is 0.878 bits per heavy atom. The minimum Gasteiger partial charge on any atom is -0.462 e. The van der Waals surface area contributed by atoms with Crippen molar-refractivity contribution in [3.8, 4) is 0 Å². The standard InChI is InChI=1S/C68H110O6/c1-4-7-10-13-16-19-22-25-27-28-29-30-31-32-33-34-35-36-37-38-39-40-41-44-46-49-52-55-58-61-67(70)73-64-65(63-72-66(69)60-57-54-51-48-45-42-24-21-18-15-12-9-6-3)74-68(71)62-59-56-53-50-47-43-26-23-20-17-14-11-8-5-2/h7,10,14,16-17,19,21,23-27,29-30,32-33,35-36,38-39,41,44,65H,4-6,8-9,11-13,15,18,20,22,28,31,34,37,40,42-43,45-64H2,1-3H3/b10-7-,17-14-,19-16-,24-21-,26-23-,27-25-,30-29-,33-32-,36-35-,39-38-,44-41-. The van der Waals surface area contributed by atoms with Crippen molar-refractivity contribution in [3.05, 3.63) is 134 Å². The molecular formula is C68H110O6. The van der Waals surface area contributed by atoms with Gasteiger partial charge in [0.2, 0.25) is 0 Å². The first-order valence-corrected chi connectivity index (χ1v) is 30.2. The molecule has 6 nitrogen and oxygen atoms in total. The normalized spacial score (nSPS) is 13.1. The number of esters is 3. The highest BCUT2D eigenvalue weighted by Gasteiger charge is 2.19. The molecule has 0 saturated heterocycles. The molecule has 0 radical (unpaired) electrons. The second-order valence-corrected chi connectivity index (χ2v) is 19.5. The molecular weight excluding hydrogens is 913 g/mol. The van der Waals surface area contributed by atoms with Gasteiger partial charge >= 0.3 is 17.9 Å². The topological polar surface area (TPSA) is 78.9 Å². The van der Waals surface area contributed by atoms with Crippen molar-refractivity contribution in [2.45, 2.75) is 264 Å². The number of hydrogen-bond donors (Lipinski definition) is 0. The number of allylic oxidation sites excluding steroid dienone is 22. The van der Waals surface area contributed by atoms with Crippen molar-refractivity contribution in [2.75, 3.05) is 13.2 Å². The second-order valence-electron chi connectivity index (χ2n) is 19.5. The monoisotopic (exact) mass is 1020 g/mol. The molecule has 0 amide bonds. The van der Waals surface area contributed by atoms with E-state index in [4.69, 9.17) is 14.2 Å². The van der Waals surface area contributed by atoms with E-state index in [1.54, 1.807) is 0 Å². The molecule has 0 fully saturated rings. The van der Waals surface area contributed by atoms with Crippen molar-refractivity contribution in [3.63, 3.8) is 0 Å². The number of carbonyl (C=O) groups is 3. The Balaban J connectivity index is 4.39. The van der Waals surface area contributed by atoms with Gasteiger partial charge in [-0.2, -0.15) is 0 Å². The van der Waals surface area contributed by atoms with Gasteiger partial charge in [-0.15, -0.1) is 0 Å².